The molecule has 0 radical (unpaired) electrons. The SMILES string of the molecule is COc1cc2[nH]ncc2cc1Nc1nc(C(=O)N2CCN(C)CC2)nc(N)c1C1CC=CCC1.O=CO. The Morgan fingerprint density at radius 2 is 2.00 bits per heavy atom. The first-order valence-corrected chi connectivity index (χ1v) is 12.1. The van der Waals surface area contributed by atoms with Crippen LogP contribution < -0.4 is 15.8 Å². The summed E-state index contributed by atoms with van der Waals surface area (Å²) in [6, 6.07) is 3.83. The number of nitrogens with two attached hydrogens (primary N) is 1. The van der Waals surface area contributed by atoms with Gasteiger partial charge in [0.25, 0.3) is 12.4 Å². The van der Waals surface area contributed by atoms with Crippen LogP contribution in [0.1, 0.15) is 41.4 Å². The van der Waals surface area contributed by atoms with Crippen molar-refractivity contribution in [2.24, 2.45) is 0 Å². The maximum Gasteiger partial charge on any atom is 0.291 e. The number of aromatic nitrogens is 4. The summed E-state index contributed by atoms with van der Waals surface area (Å²) >= 11 is 0. The van der Waals surface area contributed by atoms with Crippen LogP contribution in [0.5, 0.6) is 5.75 Å². The molecule has 1 unspecified atom stereocenters. The molecule has 1 atom stereocenters. The molecular weight excluding hydrogens is 476 g/mol. The van der Waals surface area contributed by atoms with Gasteiger partial charge in [-0.15, -0.1) is 0 Å². The number of nitrogen functional groups attached to an aromatic ring is 1. The number of piperazine rings is 1. The molecule has 3 heterocycles. The number of carboxylic acid groups (broad SMARTS) is 1. The number of nitrogens with zero attached hydrogens (tertiary/aromatic N) is 5. The van der Waals surface area contributed by atoms with Crippen molar-refractivity contribution in [3.8, 4) is 5.75 Å². The maximum absolute atomic E-state index is 13.3. The number of ether oxygens (including phenoxy) is 1. The number of nitrogens with one attached hydrogen (secondary N) is 2. The summed E-state index contributed by atoms with van der Waals surface area (Å²) in [6.07, 6.45) is 8.87. The van der Waals surface area contributed by atoms with Gasteiger partial charge in [-0.3, -0.25) is 14.7 Å². The number of benzene rings is 1. The highest BCUT2D eigenvalue weighted by Gasteiger charge is 2.28. The predicted molar refractivity (Wildman–Crippen MR) is 140 cm³/mol. The smallest absolute Gasteiger partial charge is 0.291 e. The van der Waals surface area contributed by atoms with Crippen LogP contribution >= 0.6 is 0 Å². The van der Waals surface area contributed by atoms with Crippen LogP contribution in [-0.2, 0) is 4.79 Å². The van der Waals surface area contributed by atoms with Gasteiger partial charge in [-0.1, -0.05) is 12.2 Å². The van der Waals surface area contributed by atoms with E-state index in [4.69, 9.17) is 25.4 Å². The number of hydrogen-bond acceptors (Lipinski definition) is 9. The van der Waals surface area contributed by atoms with E-state index >= 15 is 0 Å². The molecule has 1 saturated heterocycles. The molecule has 1 aliphatic heterocycles. The largest absolute Gasteiger partial charge is 0.494 e. The summed E-state index contributed by atoms with van der Waals surface area (Å²) < 4.78 is 5.62. The highest BCUT2D eigenvalue weighted by atomic mass is 16.5. The van der Waals surface area contributed by atoms with Crippen molar-refractivity contribution in [1.29, 1.82) is 0 Å². The molecule has 12 nitrogen and oxygen atoms in total. The molecule has 0 bridgehead atoms. The minimum atomic E-state index is -0.250. The predicted octanol–water partition coefficient (Wildman–Crippen LogP) is 2.60. The van der Waals surface area contributed by atoms with Crippen LogP contribution in [0.25, 0.3) is 10.9 Å². The Kier molecular flexibility index (Phi) is 8.18. The minimum Gasteiger partial charge on any atom is -0.494 e. The summed E-state index contributed by atoms with van der Waals surface area (Å²) in [5.74, 6) is 1.61. The lowest BCUT2D eigenvalue weighted by molar-refractivity contribution is -0.122. The van der Waals surface area contributed by atoms with Crippen molar-refractivity contribution >= 4 is 40.6 Å². The summed E-state index contributed by atoms with van der Waals surface area (Å²) in [4.78, 5) is 34.8. The molecule has 196 valence electrons. The molecule has 1 amide bonds. The lowest BCUT2D eigenvalue weighted by atomic mass is 9.88. The first kappa shape index (κ1) is 25.9. The van der Waals surface area contributed by atoms with E-state index in [1.807, 2.05) is 12.1 Å². The zero-order chi connectivity index (χ0) is 26.4. The highest BCUT2D eigenvalue weighted by Crippen LogP contribution is 2.39. The standard InChI is InChI=1S/C24H30N8O2.CH2O2/c1-31-8-10-32(11-9-31)24(33)23-28-21(25)20(15-6-4-3-5-7-15)22(29-23)27-18-12-16-14-26-30-17(16)13-19(18)34-2;2-1-3/h3-4,12-15H,5-11H2,1-2H3,(H,26,30)(H3,25,27,28,29);1H,(H,2,3). The van der Waals surface area contributed by atoms with Gasteiger partial charge in [0.05, 0.1) is 24.5 Å². The van der Waals surface area contributed by atoms with Gasteiger partial charge >= 0.3 is 0 Å². The number of carbonyl (C=O) groups excluding carboxylic acids is 1. The van der Waals surface area contributed by atoms with Gasteiger partial charge < -0.3 is 30.7 Å². The van der Waals surface area contributed by atoms with E-state index in [2.05, 4.69) is 44.6 Å². The van der Waals surface area contributed by atoms with Crippen LogP contribution in [0.2, 0.25) is 0 Å². The van der Waals surface area contributed by atoms with Crippen molar-refractivity contribution in [3.05, 3.63) is 41.9 Å². The molecule has 1 fully saturated rings. The number of fused-ring (bicyclic) bond motifs is 1. The van der Waals surface area contributed by atoms with Crippen molar-refractivity contribution < 1.29 is 19.4 Å². The van der Waals surface area contributed by atoms with Crippen LogP contribution in [0.15, 0.2) is 30.5 Å². The fourth-order valence-electron chi connectivity index (χ4n) is 4.65. The lowest BCUT2D eigenvalue weighted by Gasteiger charge is -2.32. The van der Waals surface area contributed by atoms with Crippen molar-refractivity contribution in [3.63, 3.8) is 0 Å². The number of amides is 1. The Balaban J connectivity index is 0.00000102. The molecule has 0 spiro atoms. The van der Waals surface area contributed by atoms with E-state index in [1.165, 1.54) is 0 Å². The molecule has 2 aliphatic rings. The van der Waals surface area contributed by atoms with E-state index in [9.17, 15) is 4.79 Å². The third kappa shape index (κ3) is 5.80. The molecule has 3 aromatic rings. The number of allylic oxidation sites excluding steroid dienone is 2. The second kappa shape index (κ2) is 11.7. The molecule has 37 heavy (non-hydrogen) atoms. The number of likely N-dealkylation sites (N-methyl/N-ethyl adjacent to an activating group) is 1. The third-order valence-electron chi connectivity index (χ3n) is 6.65. The van der Waals surface area contributed by atoms with E-state index < -0.39 is 0 Å². The molecule has 5 N–H and O–H groups in total. The number of H-pyrrole nitrogens is 1. The topological polar surface area (TPSA) is 163 Å². The quantitative estimate of drug-likeness (QED) is 0.298. The van der Waals surface area contributed by atoms with Gasteiger partial charge in [0.1, 0.15) is 17.4 Å². The Morgan fingerprint density at radius 3 is 2.68 bits per heavy atom. The molecule has 12 heteroatoms. The second-order valence-corrected chi connectivity index (χ2v) is 9.01. The van der Waals surface area contributed by atoms with Crippen LogP contribution in [-0.4, -0.2) is 87.8 Å². The van der Waals surface area contributed by atoms with Gasteiger partial charge in [-0.2, -0.15) is 5.10 Å². The minimum absolute atomic E-state index is 0.114. The van der Waals surface area contributed by atoms with E-state index in [1.54, 1.807) is 18.2 Å². The van der Waals surface area contributed by atoms with Gasteiger partial charge in [-0.05, 0) is 38.3 Å². The van der Waals surface area contributed by atoms with E-state index in [-0.39, 0.29) is 24.1 Å². The number of hydrogen-bond donors (Lipinski definition) is 4. The van der Waals surface area contributed by atoms with E-state index in [0.717, 1.165) is 54.5 Å². The third-order valence-corrected chi connectivity index (χ3v) is 6.65. The highest BCUT2D eigenvalue weighted by molar-refractivity contribution is 5.92. The molecule has 5 rings (SSSR count). The summed E-state index contributed by atoms with van der Waals surface area (Å²) in [5, 5.41) is 18.3. The van der Waals surface area contributed by atoms with Crippen LogP contribution in [0, 0.1) is 0 Å². The Bertz CT molecular complexity index is 1280. The fraction of sp³-hybridized carbons (Fsp3) is 0.400. The van der Waals surface area contributed by atoms with Crippen LogP contribution in [0.3, 0.4) is 0 Å². The lowest BCUT2D eigenvalue weighted by Crippen LogP contribution is -2.47. The maximum atomic E-state index is 13.3. The van der Waals surface area contributed by atoms with Gasteiger partial charge in [-0.25, -0.2) is 9.97 Å². The average Bonchev–Trinajstić information content (AvgIpc) is 3.36. The van der Waals surface area contributed by atoms with Crippen molar-refractivity contribution in [2.45, 2.75) is 25.2 Å². The summed E-state index contributed by atoms with van der Waals surface area (Å²) in [6.45, 7) is 2.67. The van der Waals surface area contributed by atoms with E-state index in [0.29, 0.717) is 30.5 Å². The Labute approximate surface area is 214 Å². The van der Waals surface area contributed by atoms with Crippen molar-refractivity contribution in [1.82, 2.24) is 30.0 Å². The zero-order valence-corrected chi connectivity index (χ0v) is 21.0. The molecule has 0 saturated carbocycles. The Hall–Kier alpha value is -4.19. The van der Waals surface area contributed by atoms with Gasteiger partial charge in [0.15, 0.2) is 0 Å². The molecular formula is C25H32N8O4. The van der Waals surface area contributed by atoms with Crippen LogP contribution in [0.4, 0.5) is 17.3 Å². The monoisotopic (exact) mass is 508 g/mol. The fourth-order valence-corrected chi connectivity index (χ4v) is 4.65. The number of rotatable bonds is 5. The first-order chi connectivity index (χ1) is 17.9. The molecule has 1 aliphatic carbocycles. The number of aromatic amines is 1. The average molecular weight is 509 g/mol. The summed E-state index contributed by atoms with van der Waals surface area (Å²) in [7, 11) is 3.67. The number of methoxy groups -OCH3 is 1. The van der Waals surface area contributed by atoms with Crippen molar-refractivity contribution in [2.75, 3.05) is 51.4 Å². The first-order valence-electron chi connectivity index (χ1n) is 12.1. The Morgan fingerprint density at radius 1 is 1.24 bits per heavy atom. The van der Waals surface area contributed by atoms with Gasteiger partial charge in [0.2, 0.25) is 5.82 Å². The second-order valence-electron chi connectivity index (χ2n) is 9.01. The summed E-state index contributed by atoms with van der Waals surface area (Å²) in [5.41, 5.74) is 8.93. The molecule has 1 aromatic carbocycles. The number of anilines is 3. The number of carbonyl (C=O) groups is 2. The van der Waals surface area contributed by atoms with Gasteiger partial charge in [0, 0.05) is 43.2 Å². The zero-order valence-electron chi connectivity index (χ0n) is 21.0. The molecule has 2 aromatic heterocycles. The normalized spacial score (nSPS) is 17.7.